The number of rotatable bonds is 2. The zero-order valence-electron chi connectivity index (χ0n) is 20.3. The van der Waals surface area contributed by atoms with Gasteiger partial charge in [-0.1, -0.05) is 0 Å². The van der Waals surface area contributed by atoms with Gasteiger partial charge in [-0.2, -0.15) is 18.3 Å². The van der Waals surface area contributed by atoms with E-state index >= 15 is 0 Å². The number of fused-ring (bicyclic) bond motifs is 2. The number of aryl methyl sites for hydroxylation is 1. The summed E-state index contributed by atoms with van der Waals surface area (Å²) in [5.41, 5.74) is 3.23. The maximum absolute atomic E-state index is 14.9. The van der Waals surface area contributed by atoms with Crippen molar-refractivity contribution in [2.75, 3.05) is 41.3 Å². The summed E-state index contributed by atoms with van der Waals surface area (Å²) in [7, 11) is 1.74. The molecule has 4 heterocycles. The predicted octanol–water partition coefficient (Wildman–Crippen LogP) is 3.28. The summed E-state index contributed by atoms with van der Waals surface area (Å²) in [6, 6.07) is 4.95. The van der Waals surface area contributed by atoms with Gasteiger partial charge < -0.3 is 20.6 Å². The Hall–Kier alpha value is -3.94. The van der Waals surface area contributed by atoms with Gasteiger partial charge in [0.1, 0.15) is 5.82 Å². The maximum atomic E-state index is 14.9. The zero-order valence-corrected chi connectivity index (χ0v) is 20.3. The van der Waals surface area contributed by atoms with E-state index in [0.29, 0.717) is 23.3 Å². The molecule has 2 aromatic heterocycles. The van der Waals surface area contributed by atoms with E-state index in [1.165, 1.54) is 12.8 Å². The van der Waals surface area contributed by atoms with Crippen LogP contribution in [-0.4, -0.2) is 69.8 Å². The first kappa shape index (κ1) is 25.7. The molecule has 0 bridgehead atoms. The number of alkyl halides is 3. The van der Waals surface area contributed by atoms with Gasteiger partial charge in [0.2, 0.25) is 0 Å². The molecule has 10 nitrogen and oxygen atoms in total. The van der Waals surface area contributed by atoms with E-state index in [4.69, 9.17) is 9.90 Å². The van der Waals surface area contributed by atoms with Crippen LogP contribution in [0.4, 0.5) is 39.5 Å². The summed E-state index contributed by atoms with van der Waals surface area (Å²) in [6.45, 7) is 3.43. The highest BCUT2D eigenvalue weighted by Gasteiger charge is 2.46. The molecule has 38 heavy (non-hydrogen) atoms. The first-order chi connectivity index (χ1) is 18.0. The number of halogens is 4. The van der Waals surface area contributed by atoms with Crippen LogP contribution in [0.15, 0.2) is 30.6 Å². The van der Waals surface area contributed by atoms with Crippen molar-refractivity contribution < 1.29 is 32.3 Å². The van der Waals surface area contributed by atoms with Crippen molar-refractivity contribution >= 4 is 40.1 Å². The summed E-state index contributed by atoms with van der Waals surface area (Å²) in [5.74, 6) is -2.57. The molecule has 1 saturated heterocycles. The summed E-state index contributed by atoms with van der Waals surface area (Å²) < 4.78 is 48.2. The van der Waals surface area contributed by atoms with Crippen LogP contribution in [0.2, 0.25) is 0 Å². The molecule has 3 aliphatic rings. The van der Waals surface area contributed by atoms with E-state index in [0.717, 1.165) is 37.3 Å². The van der Waals surface area contributed by atoms with Gasteiger partial charge in [0.15, 0.2) is 5.82 Å². The zero-order chi connectivity index (χ0) is 27.2. The lowest BCUT2D eigenvalue weighted by Crippen LogP contribution is -2.52. The Labute approximate surface area is 214 Å². The Bertz CT molecular complexity index is 1400. The topological polar surface area (TPSA) is 116 Å². The number of amides is 2. The number of carbonyl (C=O) groups excluding carboxylic acids is 1. The van der Waals surface area contributed by atoms with E-state index in [1.54, 1.807) is 41.2 Å². The van der Waals surface area contributed by atoms with E-state index in [-0.39, 0.29) is 17.3 Å². The van der Waals surface area contributed by atoms with Gasteiger partial charge in [-0.05, 0) is 37.5 Å². The fraction of sp³-hybridized carbons (Fsp3) is 0.417. The van der Waals surface area contributed by atoms with Crippen molar-refractivity contribution in [3.63, 3.8) is 0 Å². The lowest BCUT2D eigenvalue weighted by molar-refractivity contribution is -0.192. The molecule has 1 spiro atoms. The smallest absolute Gasteiger partial charge is 0.475 e. The van der Waals surface area contributed by atoms with E-state index < -0.39 is 18.0 Å². The third-order valence-electron chi connectivity index (χ3n) is 6.89. The Morgan fingerprint density at radius 1 is 1.18 bits per heavy atom. The average Bonchev–Trinajstić information content (AvgIpc) is 3.27. The first-order valence-corrected chi connectivity index (χ1v) is 12.0. The van der Waals surface area contributed by atoms with E-state index in [1.807, 2.05) is 0 Å². The monoisotopic (exact) mass is 535 g/mol. The number of hydrogen-bond acceptors (Lipinski definition) is 6. The van der Waals surface area contributed by atoms with E-state index in [9.17, 15) is 22.4 Å². The van der Waals surface area contributed by atoms with Gasteiger partial charge in [0, 0.05) is 62.4 Å². The number of nitrogens with zero attached hydrogens (tertiary/aromatic N) is 5. The summed E-state index contributed by atoms with van der Waals surface area (Å²) >= 11 is 0. The van der Waals surface area contributed by atoms with Crippen LogP contribution in [0, 0.1) is 5.82 Å². The molecule has 6 rings (SSSR count). The Morgan fingerprint density at radius 3 is 2.61 bits per heavy atom. The first-order valence-electron chi connectivity index (χ1n) is 12.0. The van der Waals surface area contributed by atoms with Crippen LogP contribution in [0.1, 0.15) is 18.4 Å². The quantitative estimate of drug-likeness (QED) is 0.432. The molecule has 2 amide bonds. The number of nitrogens with one attached hydrogen (secondary N) is 2. The minimum atomic E-state index is -5.08. The highest BCUT2D eigenvalue weighted by atomic mass is 19.4. The van der Waals surface area contributed by atoms with Crippen molar-refractivity contribution in [1.82, 2.24) is 20.1 Å². The lowest BCUT2D eigenvalue weighted by atomic mass is 10.1. The second-order valence-electron chi connectivity index (χ2n) is 9.56. The Kier molecular flexibility index (Phi) is 6.37. The third-order valence-corrected chi connectivity index (χ3v) is 6.89. The average molecular weight is 536 g/mol. The molecule has 2 fully saturated rings. The van der Waals surface area contributed by atoms with Crippen LogP contribution in [-0.2, 0) is 18.3 Å². The number of carbonyl (C=O) groups is 2. The van der Waals surface area contributed by atoms with Crippen molar-refractivity contribution in [2.24, 2.45) is 7.05 Å². The van der Waals surface area contributed by atoms with Crippen molar-refractivity contribution in [2.45, 2.75) is 31.0 Å². The van der Waals surface area contributed by atoms with Gasteiger partial charge >= 0.3 is 18.2 Å². The number of anilines is 3. The highest BCUT2D eigenvalue weighted by Crippen LogP contribution is 2.41. The number of carboxylic acid groups (broad SMARTS) is 1. The predicted molar refractivity (Wildman–Crippen MR) is 131 cm³/mol. The maximum Gasteiger partial charge on any atom is 0.490 e. The van der Waals surface area contributed by atoms with Crippen LogP contribution < -0.4 is 20.4 Å². The lowest BCUT2D eigenvalue weighted by Gasteiger charge is -2.36. The summed E-state index contributed by atoms with van der Waals surface area (Å²) in [5, 5.41) is 18.1. The molecule has 0 unspecified atom stereocenters. The second-order valence-corrected chi connectivity index (χ2v) is 9.56. The molecule has 3 N–H and O–H groups in total. The molecule has 3 aromatic rings. The molecular formula is C24H25F4N7O3. The molecule has 0 atom stereocenters. The number of urea groups is 1. The van der Waals surface area contributed by atoms with Gasteiger partial charge in [-0.3, -0.25) is 9.58 Å². The van der Waals surface area contributed by atoms with Crippen molar-refractivity contribution in [3.05, 3.63) is 42.0 Å². The molecule has 2 aliphatic heterocycles. The number of aromatic nitrogens is 3. The van der Waals surface area contributed by atoms with Crippen molar-refractivity contribution in [3.8, 4) is 0 Å². The largest absolute Gasteiger partial charge is 0.490 e. The fourth-order valence-electron chi connectivity index (χ4n) is 4.87. The van der Waals surface area contributed by atoms with Gasteiger partial charge in [0.25, 0.3) is 0 Å². The third kappa shape index (κ3) is 4.95. The fourth-order valence-corrected chi connectivity index (χ4v) is 4.87. The van der Waals surface area contributed by atoms with Gasteiger partial charge in [0.05, 0.1) is 16.6 Å². The number of carboxylic acids is 1. The molecular weight excluding hydrogens is 510 g/mol. The van der Waals surface area contributed by atoms with Crippen LogP contribution >= 0.6 is 0 Å². The molecule has 1 saturated carbocycles. The van der Waals surface area contributed by atoms with Gasteiger partial charge in [-0.25, -0.2) is 19.0 Å². The minimum Gasteiger partial charge on any atom is -0.475 e. The second kappa shape index (κ2) is 9.42. The molecule has 202 valence electrons. The summed E-state index contributed by atoms with van der Waals surface area (Å²) in [4.78, 5) is 30.5. The number of hydrogen-bond donors (Lipinski definition) is 3. The molecule has 1 aromatic carbocycles. The van der Waals surface area contributed by atoms with Crippen LogP contribution in [0.25, 0.3) is 10.9 Å². The number of aliphatic carboxylic acids is 1. The number of benzene rings is 1. The highest BCUT2D eigenvalue weighted by molar-refractivity contribution is 6.04. The minimum absolute atomic E-state index is 0.146. The number of pyridine rings is 1. The molecule has 14 heteroatoms. The summed E-state index contributed by atoms with van der Waals surface area (Å²) in [6.07, 6.45) is 1.48. The van der Waals surface area contributed by atoms with E-state index in [2.05, 4.69) is 31.7 Å². The SMILES string of the molecule is Cn1cc2c(F)c(NC(=O)N3CCc4c(N5CCNC6(CC6)C5)ccnc43)ccc2n1.O=C(O)C(F)(F)F. The Balaban J connectivity index is 0.000000374. The molecule has 0 radical (unpaired) electrons. The Morgan fingerprint density at radius 2 is 1.92 bits per heavy atom. The van der Waals surface area contributed by atoms with Crippen LogP contribution in [0.3, 0.4) is 0 Å². The van der Waals surface area contributed by atoms with Crippen LogP contribution in [0.5, 0.6) is 0 Å². The number of piperazine rings is 1. The standard InChI is InChI=1S/C22H24FN7O.C2HF3O2/c1-28-12-15-16(27-28)2-3-17(19(15)23)26-21(31)30-10-5-14-18(4-8-24-20(14)30)29-11-9-25-22(13-29)6-7-22;3-2(4,5)1(6)7/h2-4,8,12,25H,5-7,9-11,13H2,1H3,(H,26,31);(H,6,7). The molecule has 1 aliphatic carbocycles. The normalized spacial score (nSPS) is 17.7. The van der Waals surface area contributed by atoms with Gasteiger partial charge in [-0.15, -0.1) is 0 Å². The van der Waals surface area contributed by atoms with Crippen molar-refractivity contribution in [1.29, 1.82) is 0 Å².